The zero-order chi connectivity index (χ0) is 14.4. The third kappa shape index (κ3) is 5.82. The van der Waals surface area contributed by atoms with Gasteiger partial charge in [-0.25, -0.2) is 4.79 Å². The van der Waals surface area contributed by atoms with E-state index in [2.05, 4.69) is 13.8 Å². The van der Waals surface area contributed by atoms with Gasteiger partial charge in [-0.1, -0.05) is 26.3 Å². The van der Waals surface area contributed by atoms with Crippen molar-refractivity contribution in [1.82, 2.24) is 0 Å². The van der Waals surface area contributed by atoms with E-state index in [0.717, 1.165) is 24.8 Å². The van der Waals surface area contributed by atoms with Crippen molar-refractivity contribution in [2.45, 2.75) is 65.1 Å². The molecule has 0 aromatic rings. The molecule has 0 heterocycles. The van der Waals surface area contributed by atoms with E-state index >= 15 is 0 Å². The summed E-state index contributed by atoms with van der Waals surface area (Å²) in [6.07, 6.45) is 4.20. The molecule has 0 aromatic carbocycles. The zero-order valence-electron chi connectivity index (χ0n) is 12.7. The van der Waals surface area contributed by atoms with Gasteiger partial charge >= 0.3 is 5.97 Å². The Labute approximate surface area is 112 Å². The first-order valence-electron chi connectivity index (χ1n) is 6.72. The van der Waals surface area contributed by atoms with E-state index in [0.29, 0.717) is 6.61 Å². The second-order valence-electron chi connectivity index (χ2n) is 5.85. The summed E-state index contributed by atoms with van der Waals surface area (Å²) < 4.78 is 4.92. The highest BCUT2D eigenvalue weighted by molar-refractivity contribution is 6.72. The maximum atomic E-state index is 11.4. The fraction of sp³-hybridized carbons (Fsp3) is 0.786. The Hall–Kier alpha value is -0.613. The normalized spacial score (nSPS) is 13.6. The molecule has 0 saturated carbocycles. The zero-order valence-corrected chi connectivity index (χ0v) is 13.7. The lowest BCUT2D eigenvalue weighted by molar-refractivity contribution is -0.137. The van der Waals surface area contributed by atoms with Crippen LogP contribution in [-0.2, 0) is 9.53 Å². The van der Waals surface area contributed by atoms with Crippen molar-refractivity contribution in [2.75, 3.05) is 6.61 Å². The summed E-state index contributed by atoms with van der Waals surface area (Å²) in [5, 5.41) is -0.0457. The van der Waals surface area contributed by atoms with Crippen LogP contribution in [-0.4, -0.2) is 25.7 Å². The topological polar surface area (TPSA) is 46.5 Å². The summed E-state index contributed by atoms with van der Waals surface area (Å²) in [6.45, 7) is 12.4. The number of carbonyl (C=O) groups excluding carboxylic acids is 1. The predicted octanol–water partition coefficient (Wildman–Crippen LogP) is 3.64. The quantitative estimate of drug-likeness (QED) is 0.437. The largest absolute Gasteiger partial charge is 0.463 e. The molecule has 0 radical (unpaired) electrons. The van der Waals surface area contributed by atoms with Crippen LogP contribution >= 0.6 is 0 Å². The first-order chi connectivity index (χ1) is 8.14. The van der Waals surface area contributed by atoms with Crippen molar-refractivity contribution in [2.24, 2.45) is 0 Å². The van der Waals surface area contributed by atoms with Gasteiger partial charge in [0.1, 0.15) is 0 Å². The lowest BCUT2D eigenvalue weighted by atomic mass is 10.00. The first-order valence-corrected chi connectivity index (χ1v) is 9.67. The number of ether oxygens (including phenoxy) is 1. The minimum atomic E-state index is -2.16. The molecule has 106 valence electrons. The van der Waals surface area contributed by atoms with Crippen molar-refractivity contribution < 1.29 is 14.3 Å². The average Bonchev–Trinajstić information content (AvgIpc) is 2.22. The Morgan fingerprint density at radius 1 is 1.33 bits per heavy atom. The minimum Gasteiger partial charge on any atom is -0.463 e. The molecule has 0 rings (SSSR count). The molecular weight excluding hydrogens is 244 g/mol. The summed E-state index contributed by atoms with van der Waals surface area (Å²) in [4.78, 5) is 21.6. The Morgan fingerprint density at radius 2 is 1.89 bits per heavy atom. The van der Waals surface area contributed by atoms with Gasteiger partial charge in [0.25, 0.3) is 0 Å². The number of hydrogen-bond acceptors (Lipinski definition) is 3. The van der Waals surface area contributed by atoms with E-state index in [-0.39, 0.29) is 11.0 Å². The third-order valence-electron chi connectivity index (χ3n) is 3.79. The van der Waals surface area contributed by atoms with E-state index in [1.807, 2.05) is 20.0 Å². The van der Waals surface area contributed by atoms with Crippen LogP contribution in [0, 0.1) is 0 Å². The number of esters is 1. The third-order valence-corrected chi connectivity index (χ3v) is 7.35. The monoisotopic (exact) mass is 272 g/mol. The van der Waals surface area contributed by atoms with Crippen LogP contribution in [0.15, 0.2) is 11.6 Å². The molecule has 0 aliphatic carbocycles. The van der Waals surface area contributed by atoms with Crippen molar-refractivity contribution >= 4 is 14.3 Å². The molecular formula is C14H28O3Si. The van der Waals surface area contributed by atoms with Gasteiger partial charge in [0, 0.05) is 6.08 Å². The van der Waals surface area contributed by atoms with Crippen molar-refractivity contribution in [3.8, 4) is 0 Å². The molecule has 0 saturated heterocycles. The van der Waals surface area contributed by atoms with Crippen LogP contribution in [0.4, 0.5) is 0 Å². The summed E-state index contributed by atoms with van der Waals surface area (Å²) in [5.41, 5.74) is 1.10. The Kier molecular flexibility index (Phi) is 6.85. The van der Waals surface area contributed by atoms with E-state index in [9.17, 15) is 9.59 Å². The smallest absolute Gasteiger partial charge is 0.330 e. The van der Waals surface area contributed by atoms with E-state index < -0.39 is 8.32 Å². The van der Waals surface area contributed by atoms with Gasteiger partial charge in [-0.3, -0.25) is 0 Å². The number of hydrogen-bond donors (Lipinski definition) is 1. The van der Waals surface area contributed by atoms with Gasteiger partial charge in [-0.05, 0) is 44.3 Å². The summed E-state index contributed by atoms with van der Waals surface area (Å²) in [5.74, 6) is -0.257. The molecule has 0 amide bonds. The molecule has 0 aliphatic heterocycles. The van der Waals surface area contributed by atoms with Crippen molar-refractivity contribution in [3.63, 3.8) is 0 Å². The molecule has 18 heavy (non-hydrogen) atoms. The van der Waals surface area contributed by atoms with Crippen LogP contribution < -0.4 is 0 Å². The van der Waals surface area contributed by atoms with Gasteiger partial charge < -0.3 is 9.53 Å². The first kappa shape index (κ1) is 17.4. The van der Waals surface area contributed by atoms with E-state index in [1.54, 1.807) is 13.0 Å². The molecule has 4 heteroatoms. The van der Waals surface area contributed by atoms with Crippen LogP contribution in [0.3, 0.4) is 0 Å². The molecule has 0 bridgehead atoms. The van der Waals surface area contributed by atoms with Crippen LogP contribution in [0.2, 0.25) is 18.1 Å². The highest BCUT2D eigenvalue weighted by atomic mass is 28.4. The number of rotatable bonds is 7. The Morgan fingerprint density at radius 3 is 2.28 bits per heavy atom. The van der Waals surface area contributed by atoms with Crippen LogP contribution in [0.5, 0.6) is 0 Å². The van der Waals surface area contributed by atoms with E-state index in [4.69, 9.17) is 4.74 Å². The van der Waals surface area contributed by atoms with Gasteiger partial charge in [-0.15, -0.1) is 0 Å². The van der Waals surface area contributed by atoms with Crippen molar-refractivity contribution in [1.29, 1.82) is 0 Å². The fourth-order valence-electron chi connectivity index (χ4n) is 1.48. The lowest BCUT2D eigenvalue weighted by Crippen LogP contribution is -2.38. The Bertz CT molecular complexity index is 301. The highest BCUT2D eigenvalue weighted by Gasteiger charge is 2.37. The highest BCUT2D eigenvalue weighted by Crippen LogP contribution is 2.40. The SMILES string of the molecule is CCOC(=O)/C=C(\CC)CCC(C)(C)[Si](C)(C)O. The second kappa shape index (κ2) is 7.09. The Balaban J connectivity index is 4.54. The molecule has 0 unspecified atom stereocenters. The molecule has 0 aliphatic rings. The summed E-state index contributed by atoms with van der Waals surface area (Å²) in [7, 11) is -2.16. The van der Waals surface area contributed by atoms with Gasteiger partial charge in [0.2, 0.25) is 0 Å². The average molecular weight is 272 g/mol. The van der Waals surface area contributed by atoms with Gasteiger partial charge in [0.05, 0.1) is 6.61 Å². The lowest BCUT2D eigenvalue weighted by Gasteiger charge is -2.35. The summed E-state index contributed by atoms with van der Waals surface area (Å²) in [6, 6.07) is 0. The molecule has 0 spiro atoms. The molecule has 1 N–H and O–H groups in total. The van der Waals surface area contributed by atoms with E-state index in [1.165, 1.54) is 0 Å². The maximum Gasteiger partial charge on any atom is 0.330 e. The fourth-order valence-corrected chi connectivity index (χ4v) is 2.22. The van der Waals surface area contributed by atoms with Crippen LogP contribution in [0.1, 0.15) is 47.0 Å². The van der Waals surface area contributed by atoms with Gasteiger partial charge in [-0.2, -0.15) is 0 Å². The molecule has 0 aromatic heterocycles. The van der Waals surface area contributed by atoms with Crippen molar-refractivity contribution in [3.05, 3.63) is 11.6 Å². The minimum absolute atomic E-state index is 0.0457. The molecule has 0 fully saturated rings. The predicted molar refractivity (Wildman–Crippen MR) is 78.0 cm³/mol. The maximum absolute atomic E-state index is 11.4. The standard InChI is InChI=1S/C14H28O3Si/c1-7-12(11-13(15)17-8-2)9-10-14(3,4)18(5,6)16/h11,16H,7-10H2,1-6H3/b12-11+. The number of allylic oxidation sites excluding steroid dienone is 1. The molecule has 0 atom stereocenters. The number of carbonyl (C=O) groups is 1. The molecule has 3 nitrogen and oxygen atoms in total. The van der Waals surface area contributed by atoms with Gasteiger partial charge in [0.15, 0.2) is 8.32 Å². The summed E-state index contributed by atoms with van der Waals surface area (Å²) >= 11 is 0. The second-order valence-corrected chi connectivity index (χ2v) is 10.3. The van der Waals surface area contributed by atoms with Crippen LogP contribution in [0.25, 0.3) is 0 Å².